The number of alkyl halides is 3. The van der Waals surface area contributed by atoms with Gasteiger partial charge in [-0.3, -0.25) is 29.5 Å². The molecule has 2 aliphatic carbocycles. The molecule has 0 bridgehead atoms. The first kappa shape index (κ1) is 38.0. The van der Waals surface area contributed by atoms with Crippen LogP contribution < -0.4 is 10.2 Å². The van der Waals surface area contributed by atoms with Crippen LogP contribution in [-0.4, -0.2) is 50.7 Å². The average Bonchev–Trinajstić information content (AvgIpc) is 3.53. The molecule has 3 aromatic carbocycles. The van der Waals surface area contributed by atoms with Gasteiger partial charge in [0.25, 0.3) is 11.8 Å². The number of methoxy groups -OCH3 is 1. The zero-order chi connectivity index (χ0) is 39.8. The molecule has 56 heavy (non-hydrogen) atoms. The molecular formula is C40H30BrCl2F3N4O6. The summed E-state index contributed by atoms with van der Waals surface area (Å²) < 4.78 is 46.5. The fourth-order valence-corrected chi connectivity index (χ4v) is 9.87. The van der Waals surface area contributed by atoms with E-state index in [1.165, 1.54) is 18.1 Å². The highest BCUT2D eigenvalue weighted by atomic mass is 79.9. The topological polar surface area (TPSA) is 129 Å². The van der Waals surface area contributed by atoms with E-state index in [0.717, 1.165) is 5.56 Å². The second-order valence-electron chi connectivity index (χ2n) is 14.2. The highest BCUT2D eigenvalue weighted by Crippen LogP contribution is 2.65. The maximum absolute atomic E-state index is 15.4. The summed E-state index contributed by atoms with van der Waals surface area (Å²) >= 11 is 16.1. The summed E-state index contributed by atoms with van der Waals surface area (Å²) in [5, 5.41) is 12.4. The SMILES string of the molecule is COc1cc(Br)cc(C2C3=CCC4C(=O)N(Cc5ccccc5)C(=O)C4C3CC3C(=O)N(Nc4ncc(C(F)(F)F)cc4Cl)C(=O)C32c2ccc(Cl)cc2)c1O. The first-order valence-electron chi connectivity index (χ1n) is 17.5. The minimum atomic E-state index is -4.76. The largest absolute Gasteiger partial charge is 0.504 e. The Kier molecular flexibility index (Phi) is 9.44. The molecule has 1 aromatic heterocycles. The molecule has 0 radical (unpaired) electrons. The van der Waals surface area contributed by atoms with E-state index in [1.807, 2.05) is 36.4 Å². The quantitative estimate of drug-likeness (QED) is 0.141. The lowest BCUT2D eigenvalue weighted by Crippen LogP contribution is -2.53. The summed E-state index contributed by atoms with van der Waals surface area (Å²) in [6.45, 7) is 0.0503. The normalized spacial score (nSPS) is 25.8. The summed E-state index contributed by atoms with van der Waals surface area (Å²) in [4.78, 5) is 63.8. The molecule has 2 saturated heterocycles. The molecule has 2 N–H and O–H groups in total. The van der Waals surface area contributed by atoms with Crippen LogP contribution in [0.25, 0.3) is 0 Å². The van der Waals surface area contributed by atoms with Crippen LogP contribution in [-0.2, 0) is 37.3 Å². The van der Waals surface area contributed by atoms with Crippen LogP contribution in [0.15, 0.2) is 95.1 Å². The number of phenols is 1. The highest BCUT2D eigenvalue weighted by Gasteiger charge is 2.70. The monoisotopic (exact) mass is 868 g/mol. The van der Waals surface area contributed by atoms with Crippen molar-refractivity contribution in [2.75, 3.05) is 12.5 Å². The number of rotatable bonds is 7. The predicted molar refractivity (Wildman–Crippen MR) is 201 cm³/mol. The molecule has 8 rings (SSSR count). The number of ether oxygens (including phenoxy) is 1. The minimum absolute atomic E-state index is 0.0503. The molecule has 288 valence electrons. The zero-order valence-corrected chi connectivity index (χ0v) is 32.3. The number of hydrazine groups is 1. The Morgan fingerprint density at radius 2 is 1.70 bits per heavy atom. The number of allylic oxidation sites excluding steroid dienone is 2. The van der Waals surface area contributed by atoms with Gasteiger partial charge in [0.05, 0.1) is 47.4 Å². The Bertz CT molecular complexity index is 2350. The van der Waals surface area contributed by atoms with Gasteiger partial charge in [0.1, 0.15) is 0 Å². The number of carbonyl (C=O) groups is 4. The smallest absolute Gasteiger partial charge is 0.417 e. The Morgan fingerprint density at radius 1 is 0.982 bits per heavy atom. The number of phenolic OH excluding ortho intramolecular Hbond substituents is 1. The highest BCUT2D eigenvalue weighted by molar-refractivity contribution is 9.10. The summed E-state index contributed by atoms with van der Waals surface area (Å²) in [6.07, 6.45) is -2.34. The van der Waals surface area contributed by atoms with E-state index in [9.17, 15) is 32.7 Å². The number of nitrogens with one attached hydrogen (secondary N) is 1. The minimum Gasteiger partial charge on any atom is -0.504 e. The number of nitrogens with zero attached hydrogens (tertiary/aromatic N) is 3. The van der Waals surface area contributed by atoms with Gasteiger partial charge in [-0.25, -0.2) is 4.98 Å². The lowest BCUT2D eigenvalue weighted by molar-refractivity contribution is -0.142. The predicted octanol–water partition coefficient (Wildman–Crippen LogP) is 8.07. The standard InChI is InChI=1S/C40H30BrCl2F3N4O6/c1-56-30-15-22(41)14-27(33(30)51)32-24-11-12-25-31(37(54)49(35(25)52)18-19-5-3-2-4-6-19)26(24)16-28-36(53)50(38(55)39(28,32)20-7-9-23(42)10-8-20)48-34-29(43)13-21(17-47-34)40(44,45)46/h2-11,13-15,17,25-26,28,31-32,51H,12,16,18H2,1H3,(H,47,48). The van der Waals surface area contributed by atoms with Crippen molar-refractivity contribution in [3.63, 3.8) is 0 Å². The molecule has 1 saturated carbocycles. The van der Waals surface area contributed by atoms with E-state index in [4.69, 9.17) is 27.9 Å². The van der Waals surface area contributed by atoms with Gasteiger partial charge in [-0.2, -0.15) is 18.2 Å². The zero-order valence-electron chi connectivity index (χ0n) is 29.2. The molecule has 6 atom stereocenters. The second kappa shape index (κ2) is 13.9. The number of halogens is 6. The Hall–Kier alpha value is -4.92. The third-order valence-corrected chi connectivity index (χ3v) is 12.4. The van der Waals surface area contributed by atoms with Crippen molar-refractivity contribution in [1.82, 2.24) is 14.9 Å². The molecule has 4 amide bonds. The number of hydrogen-bond acceptors (Lipinski definition) is 8. The number of anilines is 1. The van der Waals surface area contributed by atoms with Gasteiger partial charge in [-0.1, -0.05) is 93.2 Å². The fraction of sp³-hybridized carbons (Fsp3) is 0.275. The van der Waals surface area contributed by atoms with Crippen LogP contribution >= 0.6 is 39.1 Å². The van der Waals surface area contributed by atoms with E-state index in [2.05, 4.69) is 26.3 Å². The molecule has 0 spiro atoms. The van der Waals surface area contributed by atoms with Gasteiger partial charge in [0, 0.05) is 27.2 Å². The van der Waals surface area contributed by atoms with Gasteiger partial charge in [-0.05, 0) is 60.2 Å². The lowest BCUT2D eigenvalue weighted by Gasteiger charge is -2.50. The molecule has 10 nitrogen and oxygen atoms in total. The number of amides is 4. The summed E-state index contributed by atoms with van der Waals surface area (Å²) in [5.41, 5.74) is 1.46. The number of fused-ring (bicyclic) bond motifs is 4. The number of hydrogen-bond donors (Lipinski definition) is 2. The van der Waals surface area contributed by atoms with Crippen LogP contribution in [0.1, 0.15) is 41.0 Å². The molecular weight excluding hydrogens is 840 g/mol. The number of carbonyl (C=O) groups excluding carboxylic acids is 4. The maximum atomic E-state index is 15.4. The van der Waals surface area contributed by atoms with Crippen molar-refractivity contribution >= 4 is 68.6 Å². The molecule has 2 aliphatic heterocycles. The number of aromatic hydroxyl groups is 1. The Balaban J connectivity index is 1.32. The molecule has 4 aromatic rings. The Morgan fingerprint density at radius 3 is 2.36 bits per heavy atom. The molecule has 6 unspecified atom stereocenters. The van der Waals surface area contributed by atoms with Crippen molar-refractivity contribution in [3.05, 3.63) is 127 Å². The molecule has 4 aliphatic rings. The number of imide groups is 2. The average molecular weight is 871 g/mol. The first-order chi connectivity index (χ1) is 26.7. The second-order valence-corrected chi connectivity index (χ2v) is 16.0. The third-order valence-electron chi connectivity index (χ3n) is 11.4. The van der Waals surface area contributed by atoms with Crippen molar-refractivity contribution in [1.29, 1.82) is 0 Å². The summed E-state index contributed by atoms with van der Waals surface area (Å²) in [5.74, 6) is -7.83. The van der Waals surface area contributed by atoms with Gasteiger partial charge in [-0.15, -0.1) is 0 Å². The van der Waals surface area contributed by atoms with Gasteiger partial charge in [0.2, 0.25) is 11.8 Å². The molecule has 3 heterocycles. The number of pyridine rings is 1. The first-order valence-corrected chi connectivity index (χ1v) is 19.0. The van der Waals surface area contributed by atoms with Crippen LogP contribution in [0, 0.1) is 23.7 Å². The van der Waals surface area contributed by atoms with E-state index < -0.39 is 69.5 Å². The van der Waals surface area contributed by atoms with E-state index >= 15 is 4.79 Å². The number of aromatic nitrogens is 1. The Labute approximate surface area is 336 Å². The van der Waals surface area contributed by atoms with Gasteiger partial charge in [0.15, 0.2) is 17.3 Å². The number of likely N-dealkylation sites (tertiary alicyclic amines) is 1. The van der Waals surface area contributed by atoms with E-state index in [-0.39, 0.29) is 48.2 Å². The summed E-state index contributed by atoms with van der Waals surface area (Å²) in [6, 6.07) is 19.2. The summed E-state index contributed by atoms with van der Waals surface area (Å²) in [7, 11) is 1.36. The van der Waals surface area contributed by atoms with Gasteiger partial charge >= 0.3 is 6.18 Å². The molecule has 3 fully saturated rings. The lowest BCUT2D eigenvalue weighted by atomic mass is 9.49. The maximum Gasteiger partial charge on any atom is 0.417 e. The van der Waals surface area contributed by atoms with E-state index in [0.29, 0.717) is 37.9 Å². The van der Waals surface area contributed by atoms with Crippen LogP contribution in [0.2, 0.25) is 10.0 Å². The van der Waals surface area contributed by atoms with Crippen molar-refractivity contribution in [2.24, 2.45) is 23.7 Å². The van der Waals surface area contributed by atoms with Crippen molar-refractivity contribution < 1.29 is 42.2 Å². The third kappa shape index (κ3) is 5.87. The van der Waals surface area contributed by atoms with Gasteiger partial charge < -0.3 is 9.84 Å². The van der Waals surface area contributed by atoms with Crippen molar-refractivity contribution in [3.8, 4) is 11.5 Å². The number of benzene rings is 3. The van der Waals surface area contributed by atoms with Crippen LogP contribution in [0.5, 0.6) is 11.5 Å². The van der Waals surface area contributed by atoms with Crippen molar-refractivity contribution in [2.45, 2.75) is 36.9 Å². The van der Waals surface area contributed by atoms with Crippen LogP contribution in [0.3, 0.4) is 0 Å². The van der Waals surface area contributed by atoms with Crippen LogP contribution in [0.4, 0.5) is 19.0 Å². The van der Waals surface area contributed by atoms with E-state index in [1.54, 1.807) is 30.3 Å². The molecule has 16 heteroatoms. The fourth-order valence-electron chi connectivity index (χ4n) is 9.08.